The highest BCUT2D eigenvalue weighted by atomic mass is 16.6. The molecule has 0 spiro atoms. The Bertz CT molecular complexity index is 438. The summed E-state index contributed by atoms with van der Waals surface area (Å²) in [6, 6.07) is 5.77. The van der Waals surface area contributed by atoms with E-state index in [-0.39, 0.29) is 17.6 Å². The van der Waals surface area contributed by atoms with Gasteiger partial charge in [-0.05, 0) is 31.5 Å². The van der Waals surface area contributed by atoms with Crippen molar-refractivity contribution in [2.45, 2.75) is 18.9 Å². The lowest BCUT2D eigenvalue weighted by Crippen LogP contribution is -2.45. The van der Waals surface area contributed by atoms with Gasteiger partial charge in [-0.1, -0.05) is 0 Å². The predicted octanol–water partition coefficient (Wildman–Crippen LogP) is 1.08. The normalized spacial score (nSPS) is 19.2. The van der Waals surface area contributed by atoms with E-state index >= 15 is 0 Å². The van der Waals surface area contributed by atoms with E-state index in [4.69, 9.17) is 0 Å². The number of nitro benzene ring substituents is 1. The third kappa shape index (κ3) is 3.04. The summed E-state index contributed by atoms with van der Waals surface area (Å²) in [6.07, 6.45) is 2.01. The van der Waals surface area contributed by atoms with Gasteiger partial charge < -0.3 is 10.6 Å². The monoisotopic (exact) mass is 249 g/mol. The molecule has 0 bridgehead atoms. The first-order chi connectivity index (χ1) is 8.66. The molecule has 1 saturated heterocycles. The Hall–Kier alpha value is -1.95. The average molecular weight is 249 g/mol. The maximum atomic E-state index is 11.9. The van der Waals surface area contributed by atoms with Crippen molar-refractivity contribution in [2.75, 3.05) is 13.1 Å². The smallest absolute Gasteiger partial charge is 0.269 e. The number of carbonyl (C=O) groups is 1. The minimum absolute atomic E-state index is 0.00844. The topological polar surface area (TPSA) is 84.3 Å². The first kappa shape index (κ1) is 12.5. The highest BCUT2D eigenvalue weighted by Gasteiger charge is 2.16. The van der Waals surface area contributed by atoms with Crippen molar-refractivity contribution in [1.29, 1.82) is 0 Å². The number of nitro groups is 1. The summed E-state index contributed by atoms with van der Waals surface area (Å²) in [4.78, 5) is 21.9. The molecule has 0 unspecified atom stereocenters. The highest BCUT2D eigenvalue weighted by molar-refractivity contribution is 5.94. The fourth-order valence-electron chi connectivity index (χ4n) is 1.98. The van der Waals surface area contributed by atoms with E-state index in [9.17, 15) is 14.9 Å². The average Bonchev–Trinajstić information content (AvgIpc) is 2.40. The van der Waals surface area contributed by atoms with E-state index in [1.54, 1.807) is 0 Å². The van der Waals surface area contributed by atoms with Crippen molar-refractivity contribution in [3.8, 4) is 0 Å². The maximum absolute atomic E-state index is 11.9. The number of carbonyl (C=O) groups excluding carboxylic acids is 1. The van der Waals surface area contributed by atoms with Crippen LogP contribution < -0.4 is 10.6 Å². The van der Waals surface area contributed by atoms with E-state index in [1.807, 2.05) is 0 Å². The molecule has 0 aliphatic carbocycles. The van der Waals surface area contributed by atoms with Crippen LogP contribution in [0.3, 0.4) is 0 Å². The number of hydrogen-bond acceptors (Lipinski definition) is 4. The quantitative estimate of drug-likeness (QED) is 0.620. The Labute approximate surface area is 105 Å². The van der Waals surface area contributed by atoms with E-state index in [0.717, 1.165) is 25.9 Å². The van der Waals surface area contributed by atoms with Gasteiger partial charge in [0.2, 0.25) is 0 Å². The standard InChI is InChI=1S/C12H15N3O3/c16-12(14-10-2-1-7-13-8-10)9-3-5-11(6-4-9)15(17)18/h3-6,10,13H,1-2,7-8H2,(H,14,16)/t10-/m0/s1. The van der Waals surface area contributed by atoms with Gasteiger partial charge in [0.25, 0.3) is 11.6 Å². The van der Waals surface area contributed by atoms with E-state index in [0.29, 0.717) is 5.56 Å². The van der Waals surface area contributed by atoms with Gasteiger partial charge in [0.1, 0.15) is 0 Å². The Morgan fingerprint density at radius 3 is 2.67 bits per heavy atom. The number of benzene rings is 1. The van der Waals surface area contributed by atoms with E-state index < -0.39 is 4.92 Å². The molecule has 1 amide bonds. The van der Waals surface area contributed by atoms with Crippen molar-refractivity contribution >= 4 is 11.6 Å². The summed E-state index contributed by atoms with van der Waals surface area (Å²) in [5.41, 5.74) is 0.442. The first-order valence-electron chi connectivity index (χ1n) is 5.93. The van der Waals surface area contributed by atoms with Gasteiger partial charge in [0, 0.05) is 30.3 Å². The maximum Gasteiger partial charge on any atom is 0.269 e. The Kier molecular flexibility index (Phi) is 3.88. The van der Waals surface area contributed by atoms with Crippen LogP contribution in [0.5, 0.6) is 0 Å². The van der Waals surface area contributed by atoms with Gasteiger partial charge >= 0.3 is 0 Å². The number of rotatable bonds is 3. The lowest BCUT2D eigenvalue weighted by atomic mass is 10.1. The van der Waals surface area contributed by atoms with Crippen molar-refractivity contribution in [3.63, 3.8) is 0 Å². The highest BCUT2D eigenvalue weighted by Crippen LogP contribution is 2.12. The van der Waals surface area contributed by atoms with Crippen LogP contribution in [0, 0.1) is 10.1 Å². The molecule has 1 aliphatic heterocycles. The molecule has 6 heteroatoms. The van der Waals surface area contributed by atoms with Gasteiger partial charge in [-0.15, -0.1) is 0 Å². The third-order valence-electron chi connectivity index (χ3n) is 2.97. The molecule has 0 radical (unpaired) electrons. The van der Waals surface area contributed by atoms with Crippen LogP contribution in [0.1, 0.15) is 23.2 Å². The summed E-state index contributed by atoms with van der Waals surface area (Å²) in [5.74, 6) is -0.182. The molecule has 0 saturated carbocycles. The van der Waals surface area contributed by atoms with Gasteiger partial charge in [-0.3, -0.25) is 14.9 Å². The summed E-state index contributed by atoms with van der Waals surface area (Å²) in [5, 5.41) is 16.6. The molecule has 0 aromatic heterocycles. The van der Waals surface area contributed by atoms with Gasteiger partial charge in [-0.25, -0.2) is 0 Å². The second-order valence-corrected chi connectivity index (χ2v) is 4.32. The summed E-state index contributed by atoms with van der Waals surface area (Å²) < 4.78 is 0. The van der Waals surface area contributed by atoms with Crippen LogP contribution >= 0.6 is 0 Å². The number of amides is 1. The van der Waals surface area contributed by atoms with Crippen molar-refractivity contribution in [2.24, 2.45) is 0 Å². The van der Waals surface area contributed by atoms with Crippen LogP contribution in [0.4, 0.5) is 5.69 Å². The third-order valence-corrected chi connectivity index (χ3v) is 2.97. The van der Waals surface area contributed by atoms with Crippen LogP contribution in [-0.4, -0.2) is 30.0 Å². The van der Waals surface area contributed by atoms with Crippen LogP contribution in [0.2, 0.25) is 0 Å². The Balaban J connectivity index is 1.97. The summed E-state index contributed by atoms with van der Waals surface area (Å²) in [7, 11) is 0. The number of non-ortho nitro benzene ring substituents is 1. The lowest BCUT2D eigenvalue weighted by Gasteiger charge is -2.23. The molecule has 1 atom stereocenters. The lowest BCUT2D eigenvalue weighted by molar-refractivity contribution is -0.384. The SMILES string of the molecule is O=C(N[C@H]1CCCNC1)c1ccc([N+](=O)[O-])cc1. The molecule has 1 aromatic rings. The Morgan fingerprint density at radius 2 is 2.11 bits per heavy atom. The zero-order valence-corrected chi connectivity index (χ0v) is 9.89. The molecule has 96 valence electrons. The van der Waals surface area contributed by atoms with Crippen molar-refractivity contribution in [3.05, 3.63) is 39.9 Å². The zero-order chi connectivity index (χ0) is 13.0. The minimum atomic E-state index is -0.479. The van der Waals surface area contributed by atoms with Crippen LogP contribution in [0.15, 0.2) is 24.3 Å². The van der Waals surface area contributed by atoms with E-state index in [1.165, 1.54) is 24.3 Å². The zero-order valence-electron chi connectivity index (χ0n) is 9.89. The molecular formula is C12H15N3O3. The van der Waals surface area contributed by atoms with Crippen LogP contribution in [-0.2, 0) is 0 Å². The van der Waals surface area contributed by atoms with Crippen molar-refractivity contribution in [1.82, 2.24) is 10.6 Å². The fraction of sp³-hybridized carbons (Fsp3) is 0.417. The molecule has 18 heavy (non-hydrogen) atoms. The first-order valence-corrected chi connectivity index (χ1v) is 5.93. The van der Waals surface area contributed by atoms with Gasteiger partial charge in [-0.2, -0.15) is 0 Å². The molecule has 1 heterocycles. The molecule has 1 fully saturated rings. The molecular weight excluding hydrogens is 234 g/mol. The number of nitrogens with zero attached hydrogens (tertiary/aromatic N) is 1. The van der Waals surface area contributed by atoms with Gasteiger partial charge in [0.15, 0.2) is 0 Å². The van der Waals surface area contributed by atoms with Gasteiger partial charge in [0.05, 0.1) is 4.92 Å². The molecule has 1 aliphatic rings. The molecule has 2 rings (SSSR count). The Morgan fingerprint density at radius 1 is 1.39 bits per heavy atom. The molecule has 1 aromatic carbocycles. The van der Waals surface area contributed by atoms with E-state index in [2.05, 4.69) is 10.6 Å². The summed E-state index contributed by atoms with van der Waals surface area (Å²) >= 11 is 0. The summed E-state index contributed by atoms with van der Waals surface area (Å²) in [6.45, 7) is 1.77. The number of piperidine rings is 1. The predicted molar refractivity (Wildman–Crippen MR) is 66.5 cm³/mol. The number of hydrogen-bond donors (Lipinski definition) is 2. The largest absolute Gasteiger partial charge is 0.348 e. The number of nitrogens with one attached hydrogen (secondary N) is 2. The second kappa shape index (κ2) is 5.59. The molecule has 2 N–H and O–H groups in total. The fourth-order valence-corrected chi connectivity index (χ4v) is 1.98. The van der Waals surface area contributed by atoms with Crippen molar-refractivity contribution < 1.29 is 9.72 Å². The second-order valence-electron chi connectivity index (χ2n) is 4.32. The minimum Gasteiger partial charge on any atom is -0.348 e. The molecule has 6 nitrogen and oxygen atoms in total. The van der Waals surface area contributed by atoms with Crippen LogP contribution in [0.25, 0.3) is 0 Å².